The largest absolute Gasteiger partial charge is 0.293 e. The molecule has 0 atom stereocenters. The van der Waals surface area contributed by atoms with Crippen molar-refractivity contribution in [2.45, 2.75) is 12.1 Å². The van der Waals surface area contributed by atoms with E-state index in [1.54, 1.807) is 42.9 Å². The highest BCUT2D eigenvalue weighted by Crippen LogP contribution is 2.27. The summed E-state index contributed by atoms with van der Waals surface area (Å²) in [5.41, 5.74) is 3.26. The molecule has 0 bridgehead atoms. The van der Waals surface area contributed by atoms with Crippen LogP contribution in [0.5, 0.6) is 0 Å². The zero-order valence-corrected chi connectivity index (χ0v) is 17.1. The number of benzene rings is 2. The maximum absolute atomic E-state index is 12.6. The minimum absolute atomic E-state index is 0.00817. The van der Waals surface area contributed by atoms with E-state index in [2.05, 4.69) is 20.2 Å². The quantitative estimate of drug-likeness (QED) is 0.333. The number of rotatable bonds is 6. The second-order valence-electron chi connectivity index (χ2n) is 6.29. The molecule has 0 aliphatic carbocycles. The Balaban J connectivity index is 1.66. The molecule has 0 unspecified atom stereocenters. The third kappa shape index (κ3) is 4.36. The molecule has 0 fully saturated rings. The van der Waals surface area contributed by atoms with Gasteiger partial charge in [-0.2, -0.15) is 0 Å². The monoisotopic (exact) mass is 421 g/mol. The summed E-state index contributed by atoms with van der Waals surface area (Å²) in [6.07, 6.45) is 4.86. The number of hydrogen-bond acceptors (Lipinski definition) is 6. The summed E-state index contributed by atoms with van der Waals surface area (Å²) in [6, 6.07) is 14.9. The van der Waals surface area contributed by atoms with Gasteiger partial charge < -0.3 is 0 Å². The van der Waals surface area contributed by atoms with Crippen LogP contribution in [0.4, 0.5) is 0 Å². The van der Waals surface area contributed by atoms with Crippen molar-refractivity contribution < 1.29 is 4.79 Å². The van der Waals surface area contributed by atoms with Crippen molar-refractivity contribution in [2.75, 3.05) is 5.75 Å². The third-order valence-corrected chi connectivity index (χ3v) is 5.40. The second-order valence-corrected chi connectivity index (χ2v) is 7.67. The summed E-state index contributed by atoms with van der Waals surface area (Å²) in [6.45, 7) is 2.03. The van der Waals surface area contributed by atoms with Crippen molar-refractivity contribution in [2.24, 2.45) is 0 Å². The van der Waals surface area contributed by atoms with Gasteiger partial charge in [0.1, 0.15) is 5.69 Å². The number of hydrogen-bond donors (Lipinski definition) is 0. The van der Waals surface area contributed by atoms with Gasteiger partial charge in [0, 0.05) is 28.7 Å². The summed E-state index contributed by atoms with van der Waals surface area (Å²) in [4.78, 5) is 21.0. The van der Waals surface area contributed by atoms with E-state index in [0.29, 0.717) is 27.3 Å². The lowest BCUT2D eigenvalue weighted by atomic mass is 10.1. The molecule has 2 heterocycles. The van der Waals surface area contributed by atoms with Crippen LogP contribution in [-0.4, -0.2) is 36.3 Å². The number of halogens is 1. The minimum atomic E-state index is -0.00817. The molecule has 0 aliphatic heterocycles. The van der Waals surface area contributed by atoms with Crippen LogP contribution in [-0.2, 0) is 0 Å². The maximum atomic E-state index is 12.6. The topological polar surface area (TPSA) is 73.6 Å². The molecule has 2 aromatic carbocycles. The summed E-state index contributed by atoms with van der Waals surface area (Å²) in [5, 5.41) is 9.82. The zero-order valence-electron chi connectivity index (χ0n) is 15.5. The van der Waals surface area contributed by atoms with Crippen LogP contribution in [0, 0.1) is 6.92 Å². The second kappa shape index (κ2) is 8.55. The smallest absolute Gasteiger partial charge is 0.196 e. The first-order chi connectivity index (χ1) is 14.1. The molecule has 0 saturated heterocycles. The van der Waals surface area contributed by atoms with Gasteiger partial charge in [0.25, 0.3) is 0 Å². The highest BCUT2D eigenvalue weighted by Gasteiger charge is 2.18. The van der Waals surface area contributed by atoms with Crippen LogP contribution in [0.3, 0.4) is 0 Å². The molecule has 144 valence electrons. The molecule has 4 rings (SSSR count). The summed E-state index contributed by atoms with van der Waals surface area (Å²) >= 11 is 7.23. The van der Waals surface area contributed by atoms with Crippen molar-refractivity contribution in [3.05, 3.63) is 83.3 Å². The Hall–Kier alpha value is -3.03. The van der Waals surface area contributed by atoms with Crippen LogP contribution < -0.4 is 0 Å². The van der Waals surface area contributed by atoms with Gasteiger partial charge in [-0.25, -0.2) is 4.98 Å². The van der Waals surface area contributed by atoms with Gasteiger partial charge in [-0.15, -0.1) is 10.2 Å². The molecular formula is C21H16ClN5OS. The Bertz CT molecular complexity index is 1130. The van der Waals surface area contributed by atoms with E-state index in [0.717, 1.165) is 11.3 Å². The highest BCUT2D eigenvalue weighted by molar-refractivity contribution is 7.99. The highest BCUT2D eigenvalue weighted by atomic mass is 35.5. The molecule has 0 spiro atoms. The van der Waals surface area contributed by atoms with Gasteiger partial charge >= 0.3 is 0 Å². The van der Waals surface area contributed by atoms with Gasteiger partial charge in [-0.05, 0) is 43.3 Å². The van der Waals surface area contributed by atoms with Gasteiger partial charge in [0.2, 0.25) is 0 Å². The standard InChI is InChI=1S/C21H16ClN5OS/c1-14-2-8-17(9-3-14)27-20(18-12-23-10-11-24-18)25-26-21(27)29-13-19(28)15-4-6-16(22)7-5-15/h2-12H,13H2,1H3. The molecular weight excluding hydrogens is 406 g/mol. The number of aromatic nitrogens is 5. The molecule has 6 nitrogen and oxygen atoms in total. The van der Waals surface area contributed by atoms with E-state index in [1.807, 2.05) is 35.8 Å². The van der Waals surface area contributed by atoms with Gasteiger partial charge in [0.15, 0.2) is 16.8 Å². The van der Waals surface area contributed by atoms with Crippen LogP contribution in [0.1, 0.15) is 15.9 Å². The number of carbonyl (C=O) groups is 1. The van der Waals surface area contributed by atoms with E-state index in [9.17, 15) is 4.79 Å². The number of thioether (sulfide) groups is 1. The molecule has 29 heavy (non-hydrogen) atoms. The van der Waals surface area contributed by atoms with Crippen molar-refractivity contribution in [1.29, 1.82) is 0 Å². The summed E-state index contributed by atoms with van der Waals surface area (Å²) in [5.74, 6) is 0.793. The number of nitrogens with zero attached hydrogens (tertiary/aromatic N) is 5. The minimum Gasteiger partial charge on any atom is -0.293 e. The van der Waals surface area contributed by atoms with E-state index >= 15 is 0 Å². The lowest BCUT2D eigenvalue weighted by Crippen LogP contribution is -2.05. The fourth-order valence-electron chi connectivity index (χ4n) is 2.72. The van der Waals surface area contributed by atoms with Crippen molar-refractivity contribution in [3.8, 4) is 17.2 Å². The molecule has 0 N–H and O–H groups in total. The zero-order chi connectivity index (χ0) is 20.2. The van der Waals surface area contributed by atoms with Gasteiger partial charge in [0.05, 0.1) is 11.9 Å². The Morgan fingerprint density at radius 1 is 1.03 bits per heavy atom. The third-order valence-electron chi connectivity index (χ3n) is 4.22. The first-order valence-corrected chi connectivity index (χ1v) is 10.2. The molecule has 0 aliphatic rings. The summed E-state index contributed by atoms with van der Waals surface area (Å²) < 4.78 is 1.89. The fourth-order valence-corrected chi connectivity index (χ4v) is 3.69. The van der Waals surface area contributed by atoms with Crippen molar-refractivity contribution in [1.82, 2.24) is 24.7 Å². The Morgan fingerprint density at radius 3 is 2.48 bits per heavy atom. The van der Waals surface area contributed by atoms with Crippen molar-refractivity contribution >= 4 is 29.1 Å². The van der Waals surface area contributed by atoms with Crippen molar-refractivity contribution in [3.63, 3.8) is 0 Å². The predicted molar refractivity (Wildman–Crippen MR) is 114 cm³/mol. The predicted octanol–water partition coefficient (Wildman–Crippen LogP) is 4.66. The molecule has 0 saturated carbocycles. The van der Waals surface area contributed by atoms with E-state index in [4.69, 9.17) is 11.6 Å². The first kappa shape index (κ1) is 19.3. The molecule has 8 heteroatoms. The van der Waals surface area contributed by atoms with E-state index in [1.165, 1.54) is 11.8 Å². The molecule has 4 aromatic rings. The number of Topliss-reactive ketones (excluding diaryl/α,β-unsaturated/α-hetero) is 1. The number of ketones is 1. The molecule has 0 radical (unpaired) electrons. The lowest BCUT2D eigenvalue weighted by molar-refractivity contribution is 0.102. The van der Waals surface area contributed by atoms with Crippen LogP contribution in [0.25, 0.3) is 17.2 Å². The number of aryl methyl sites for hydroxylation is 1. The number of carbonyl (C=O) groups excluding carboxylic acids is 1. The van der Waals surface area contributed by atoms with Crippen LogP contribution in [0.15, 0.2) is 72.3 Å². The van der Waals surface area contributed by atoms with E-state index < -0.39 is 0 Å². The first-order valence-electron chi connectivity index (χ1n) is 8.82. The van der Waals surface area contributed by atoms with Gasteiger partial charge in [-0.3, -0.25) is 14.3 Å². The normalized spacial score (nSPS) is 10.8. The Labute approximate surface area is 177 Å². The average Bonchev–Trinajstić information content (AvgIpc) is 3.17. The van der Waals surface area contributed by atoms with Gasteiger partial charge in [-0.1, -0.05) is 41.1 Å². The molecule has 0 amide bonds. The molecule has 2 aromatic heterocycles. The van der Waals surface area contributed by atoms with Crippen LogP contribution in [0.2, 0.25) is 5.02 Å². The maximum Gasteiger partial charge on any atom is 0.196 e. The van der Waals surface area contributed by atoms with Crippen LogP contribution >= 0.6 is 23.4 Å². The van der Waals surface area contributed by atoms with E-state index in [-0.39, 0.29) is 11.5 Å². The summed E-state index contributed by atoms with van der Waals surface area (Å²) in [7, 11) is 0. The fraction of sp³-hybridized carbons (Fsp3) is 0.0952. The Kier molecular flexibility index (Phi) is 5.69. The average molecular weight is 422 g/mol. The lowest BCUT2D eigenvalue weighted by Gasteiger charge is -2.10. The Morgan fingerprint density at radius 2 is 1.79 bits per heavy atom. The SMILES string of the molecule is Cc1ccc(-n2c(SCC(=O)c3ccc(Cl)cc3)nnc2-c2cnccn2)cc1.